The van der Waals surface area contributed by atoms with Crippen molar-refractivity contribution in [1.29, 1.82) is 0 Å². The van der Waals surface area contributed by atoms with Gasteiger partial charge in [0.15, 0.2) is 5.78 Å². The van der Waals surface area contributed by atoms with E-state index < -0.39 is 0 Å². The topological polar surface area (TPSA) is 54.9 Å². The zero-order valence-corrected chi connectivity index (χ0v) is 15.3. The molecule has 5 rings (SSSR count). The number of carbonyl (C=O) groups excluding carboxylic acids is 1. The molecule has 136 valence electrons. The Bertz CT molecular complexity index is 996. The molecule has 0 bridgehead atoms. The minimum absolute atomic E-state index is 0.156. The van der Waals surface area contributed by atoms with E-state index >= 15 is 0 Å². The van der Waals surface area contributed by atoms with E-state index in [2.05, 4.69) is 27.4 Å². The smallest absolute Gasteiger partial charge is 0.167 e. The van der Waals surface area contributed by atoms with Crippen LogP contribution in [0.15, 0.2) is 54.9 Å². The van der Waals surface area contributed by atoms with Crippen molar-refractivity contribution in [3.63, 3.8) is 0 Å². The second-order valence-electron chi connectivity index (χ2n) is 7.91. The Morgan fingerprint density at radius 1 is 1.04 bits per heavy atom. The first kappa shape index (κ1) is 16.6. The Labute approximate surface area is 159 Å². The molecule has 0 radical (unpaired) electrons. The van der Waals surface area contributed by atoms with Crippen LogP contribution in [0, 0.1) is 5.92 Å². The Morgan fingerprint density at radius 3 is 2.74 bits per heavy atom. The normalized spacial score (nSPS) is 21.3. The molecule has 2 aromatic carbocycles. The highest BCUT2D eigenvalue weighted by atomic mass is 16.1. The van der Waals surface area contributed by atoms with Crippen LogP contribution < -0.4 is 5.32 Å². The molecular formula is C23H23N3O. The number of ketones is 1. The monoisotopic (exact) mass is 357 g/mol. The molecule has 2 unspecified atom stereocenters. The number of Topliss-reactive ketones (excluding diaryl/α,β-unsaturated/α-hetero) is 1. The molecule has 2 aliphatic rings. The van der Waals surface area contributed by atoms with Gasteiger partial charge in [0, 0.05) is 36.3 Å². The molecule has 0 aliphatic heterocycles. The van der Waals surface area contributed by atoms with E-state index in [9.17, 15) is 4.79 Å². The van der Waals surface area contributed by atoms with E-state index in [-0.39, 0.29) is 5.78 Å². The minimum Gasteiger partial charge on any atom is -0.313 e. The summed E-state index contributed by atoms with van der Waals surface area (Å²) in [7, 11) is 0. The number of nitrogens with one attached hydrogen (secondary N) is 1. The summed E-state index contributed by atoms with van der Waals surface area (Å²) in [6, 6.07) is 14.7. The molecule has 0 spiro atoms. The zero-order chi connectivity index (χ0) is 18.2. The van der Waals surface area contributed by atoms with Crippen molar-refractivity contribution in [2.45, 2.75) is 37.6 Å². The summed E-state index contributed by atoms with van der Waals surface area (Å²) in [5.74, 6) is 1.63. The minimum atomic E-state index is 0.156. The number of rotatable bonds is 7. The van der Waals surface area contributed by atoms with Gasteiger partial charge in [-0.3, -0.25) is 14.8 Å². The van der Waals surface area contributed by atoms with Crippen LogP contribution in [-0.2, 0) is 6.42 Å². The van der Waals surface area contributed by atoms with Gasteiger partial charge >= 0.3 is 0 Å². The van der Waals surface area contributed by atoms with E-state index in [4.69, 9.17) is 0 Å². The van der Waals surface area contributed by atoms with Crippen LogP contribution in [0.5, 0.6) is 0 Å². The third kappa shape index (κ3) is 3.76. The maximum absolute atomic E-state index is 12.8. The van der Waals surface area contributed by atoms with Gasteiger partial charge in [-0.05, 0) is 61.1 Å². The molecule has 1 aromatic heterocycles. The molecule has 27 heavy (non-hydrogen) atoms. The summed E-state index contributed by atoms with van der Waals surface area (Å²) in [4.78, 5) is 21.4. The number of nitrogens with zero attached hydrogens (tertiary/aromatic N) is 2. The number of carbonyl (C=O) groups is 1. The lowest BCUT2D eigenvalue weighted by Gasteiger charge is -2.07. The highest BCUT2D eigenvalue weighted by molar-refractivity contribution is 5.98. The largest absolute Gasteiger partial charge is 0.313 e. The molecule has 0 saturated heterocycles. The molecule has 2 saturated carbocycles. The van der Waals surface area contributed by atoms with E-state index in [0.29, 0.717) is 18.4 Å². The maximum atomic E-state index is 12.8. The Hall–Kier alpha value is -2.59. The van der Waals surface area contributed by atoms with Crippen LogP contribution >= 0.6 is 0 Å². The second-order valence-corrected chi connectivity index (χ2v) is 7.91. The molecule has 1 heterocycles. The average molecular weight is 357 g/mol. The van der Waals surface area contributed by atoms with Gasteiger partial charge in [0.25, 0.3) is 0 Å². The predicted octanol–water partition coefficient (Wildman–Crippen LogP) is 3.91. The average Bonchev–Trinajstić information content (AvgIpc) is 3.61. The molecule has 2 aliphatic carbocycles. The van der Waals surface area contributed by atoms with E-state index in [1.54, 1.807) is 12.4 Å². The maximum Gasteiger partial charge on any atom is 0.167 e. The van der Waals surface area contributed by atoms with E-state index in [1.165, 1.54) is 24.8 Å². The van der Waals surface area contributed by atoms with Crippen molar-refractivity contribution in [1.82, 2.24) is 15.3 Å². The summed E-state index contributed by atoms with van der Waals surface area (Å²) in [5, 5.41) is 3.67. The third-order valence-corrected chi connectivity index (χ3v) is 5.69. The molecule has 0 amide bonds. The number of benzene rings is 2. The first-order valence-corrected chi connectivity index (χ1v) is 9.82. The van der Waals surface area contributed by atoms with Gasteiger partial charge in [0.1, 0.15) is 0 Å². The van der Waals surface area contributed by atoms with Crippen molar-refractivity contribution >= 4 is 16.8 Å². The summed E-state index contributed by atoms with van der Waals surface area (Å²) < 4.78 is 0. The van der Waals surface area contributed by atoms with Crippen LogP contribution in [-0.4, -0.2) is 28.3 Å². The SMILES string of the molecule is O=C(Cc1ccc2nccnc2c1)c1cccc(C2CC2NCC2CC2)c1. The second kappa shape index (κ2) is 6.86. The quantitative estimate of drug-likeness (QED) is 0.652. The molecule has 3 aromatic rings. The summed E-state index contributed by atoms with van der Waals surface area (Å²) in [5.41, 5.74) is 4.76. The highest BCUT2D eigenvalue weighted by Crippen LogP contribution is 2.41. The molecule has 2 atom stereocenters. The molecule has 1 N–H and O–H groups in total. The van der Waals surface area contributed by atoms with Crippen molar-refractivity contribution < 1.29 is 4.79 Å². The van der Waals surface area contributed by atoms with Gasteiger partial charge in [-0.25, -0.2) is 0 Å². The lowest BCUT2D eigenvalue weighted by molar-refractivity contribution is 0.0993. The number of fused-ring (bicyclic) bond motifs is 1. The Kier molecular flexibility index (Phi) is 4.21. The predicted molar refractivity (Wildman–Crippen MR) is 106 cm³/mol. The van der Waals surface area contributed by atoms with Gasteiger partial charge in [0.05, 0.1) is 11.0 Å². The third-order valence-electron chi connectivity index (χ3n) is 5.69. The molecule has 2 fully saturated rings. The van der Waals surface area contributed by atoms with Crippen LogP contribution in [0.25, 0.3) is 11.0 Å². The van der Waals surface area contributed by atoms with Crippen LogP contribution in [0.2, 0.25) is 0 Å². The van der Waals surface area contributed by atoms with Gasteiger partial charge in [0.2, 0.25) is 0 Å². The fourth-order valence-corrected chi connectivity index (χ4v) is 3.78. The van der Waals surface area contributed by atoms with E-state index in [0.717, 1.165) is 34.6 Å². The van der Waals surface area contributed by atoms with Crippen LogP contribution in [0.3, 0.4) is 0 Å². The zero-order valence-electron chi connectivity index (χ0n) is 15.3. The summed E-state index contributed by atoms with van der Waals surface area (Å²) in [6.45, 7) is 1.16. The van der Waals surface area contributed by atoms with Crippen molar-refractivity contribution in [2.24, 2.45) is 5.92 Å². The Morgan fingerprint density at radius 2 is 1.89 bits per heavy atom. The Balaban J connectivity index is 1.27. The first-order chi connectivity index (χ1) is 13.3. The molecular weight excluding hydrogens is 334 g/mol. The number of aromatic nitrogens is 2. The van der Waals surface area contributed by atoms with E-state index in [1.807, 2.05) is 30.3 Å². The van der Waals surface area contributed by atoms with Gasteiger partial charge in [-0.15, -0.1) is 0 Å². The first-order valence-electron chi connectivity index (χ1n) is 9.82. The standard InChI is InChI=1S/C23H23N3O/c27-23(11-16-6-7-20-22(10-16)25-9-8-24-20)18-3-1-2-17(12-18)19-13-21(19)26-14-15-4-5-15/h1-3,6-10,12,15,19,21,26H,4-5,11,13-14H2. The molecule has 4 heteroatoms. The van der Waals surface area contributed by atoms with Crippen molar-refractivity contribution in [3.05, 3.63) is 71.5 Å². The molecule has 4 nitrogen and oxygen atoms in total. The summed E-state index contributed by atoms with van der Waals surface area (Å²) in [6.07, 6.45) is 7.71. The van der Waals surface area contributed by atoms with Gasteiger partial charge in [-0.2, -0.15) is 0 Å². The van der Waals surface area contributed by atoms with Gasteiger partial charge < -0.3 is 5.32 Å². The van der Waals surface area contributed by atoms with Crippen LogP contribution in [0.1, 0.15) is 46.7 Å². The summed E-state index contributed by atoms with van der Waals surface area (Å²) >= 11 is 0. The lowest BCUT2D eigenvalue weighted by atomic mass is 9.99. The number of hydrogen-bond acceptors (Lipinski definition) is 4. The van der Waals surface area contributed by atoms with Gasteiger partial charge in [-0.1, -0.05) is 24.3 Å². The fraction of sp³-hybridized carbons (Fsp3) is 0.348. The highest BCUT2D eigenvalue weighted by Gasteiger charge is 2.39. The lowest BCUT2D eigenvalue weighted by Crippen LogP contribution is -2.20. The number of hydrogen-bond donors (Lipinski definition) is 1. The van der Waals surface area contributed by atoms with Crippen molar-refractivity contribution in [3.8, 4) is 0 Å². The van der Waals surface area contributed by atoms with Crippen molar-refractivity contribution in [2.75, 3.05) is 6.54 Å². The van der Waals surface area contributed by atoms with Crippen LogP contribution in [0.4, 0.5) is 0 Å². The fourth-order valence-electron chi connectivity index (χ4n) is 3.78.